The second-order valence-electron chi connectivity index (χ2n) is 9.76. The molecule has 0 radical (unpaired) electrons. The van der Waals surface area contributed by atoms with Crippen molar-refractivity contribution in [2.24, 2.45) is 5.41 Å². The van der Waals surface area contributed by atoms with Crippen molar-refractivity contribution in [3.05, 3.63) is 0 Å². The highest BCUT2D eigenvalue weighted by Gasteiger charge is 2.27. The third-order valence-electron chi connectivity index (χ3n) is 6.49. The number of hydrogen-bond acceptors (Lipinski definition) is 10. The van der Waals surface area contributed by atoms with Gasteiger partial charge in [-0.25, -0.2) is 0 Å². The number of rotatable bonds is 22. The molecule has 212 valence electrons. The van der Waals surface area contributed by atoms with E-state index in [4.69, 9.17) is 23.7 Å². The van der Waals surface area contributed by atoms with Gasteiger partial charge in [-0.3, -0.25) is 14.5 Å². The van der Waals surface area contributed by atoms with Crippen LogP contribution in [0.15, 0.2) is 0 Å². The zero-order chi connectivity index (χ0) is 26.7. The molecule has 36 heavy (non-hydrogen) atoms. The average Bonchev–Trinajstić information content (AvgIpc) is 3.40. The van der Waals surface area contributed by atoms with Crippen molar-refractivity contribution >= 4 is 33.5 Å². The zero-order valence-electron chi connectivity index (χ0n) is 23.1. The van der Waals surface area contributed by atoms with Crippen molar-refractivity contribution in [2.75, 3.05) is 70.9 Å². The van der Waals surface area contributed by atoms with Crippen LogP contribution in [0.3, 0.4) is 0 Å². The van der Waals surface area contributed by atoms with E-state index in [9.17, 15) is 9.59 Å². The van der Waals surface area contributed by atoms with Gasteiger partial charge in [-0.2, -0.15) is 0 Å². The Morgan fingerprint density at radius 2 is 1.31 bits per heavy atom. The lowest BCUT2D eigenvalue weighted by molar-refractivity contribution is -0.146. The van der Waals surface area contributed by atoms with Crippen molar-refractivity contribution in [1.29, 1.82) is 0 Å². The van der Waals surface area contributed by atoms with Crippen LogP contribution in [0.1, 0.15) is 66.7 Å². The number of esters is 2. The molecule has 0 spiro atoms. The van der Waals surface area contributed by atoms with Crippen LogP contribution >= 0.6 is 21.6 Å². The van der Waals surface area contributed by atoms with Gasteiger partial charge in [0.2, 0.25) is 0 Å². The normalized spacial score (nSPS) is 15.4. The Hall–Kier alpha value is -0.520. The Bertz CT molecular complexity index is 589. The molecule has 10 heteroatoms. The predicted octanol–water partition coefficient (Wildman–Crippen LogP) is 4.59. The Morgan fingerprint density at radius 1 is 0.833 bits per heavy atom. The smallest absolute Gasteiger partial charge is 0.307 e. The minimum absolute atomic E-state index is 0.170. The van der Waals surface area contributed by atoms with E-state index in [1.807, 2.05) is 21.6 Å². The summed E-state index contributed by atoms with van der Waals surface area (Å²) in [5.74, 6) is 1.91. The fourth-order valence-electron chi connectivity index (χ4n) is 3.44. The molecule has 0 saturated carbocycles. The number of nitrogens with zero attached hydrogens (tertiary/aromatic N) is 1. The molecule has 1 aliphatic heterocycles. The maximum Gasteiger partial charge on any atom is 0.307 e. The summed E-state index contributed by atoms with van der Waals surface area (Å²) in [4.78, 5) is 26.3. The fourth-order valence-corrected chi connectivity index (χ4v) is 6.24. The number of hydrogen-bond donors (Lipinski definition) is 0. The molecular weight excluding hydrogens is 502 g/mol. The van der Waals surface area contributed by atoms with Crippen LogP contribution < -0.4 is 0 Å². The van der Waals surface area contributed by atoms with Crippen LogP contribution in [-0.2, 0) is 33.3 Å². The van der Waals surface area contributed by atoms with E-state index < -0.39 is 0 Å². The minimum Gasteiger partial charge on any atom is -0.463 e. The maximum absolute atomic E-state index is 12.1. The topological polar surface area (TPSA) is 83.5 Å². The molecule has 0 aromatic rings. The van der Waals surface area contributed by atoms with E-state index in [1.54, 1.807) is 0 Å². The first-order chi connectivity index (χ1) is 17.3. The summed E-state index contributed by atoms with van der Waals surface area (Å²) in [6.45, 7) is 14.6. The highest BCUT2D eigenvalue weighted by Crippen LogP contribution is 2.34. The number of carbonyl (C=O) groups is 2. The molecule has 1 unspecified atom stereocenters. The molecule has 8 nitrogen and oxygen atoms in total. The van der Waals surface area contributed by atoms with Crippen LogP contribution in [0.25, 0.3) is 0 Å². The van der Waals surface area contributed by atoms with Crippen LogP contribution in [0.2, 0.25) is 0 Å². The predicted molar refractivity (Wildman–Crippen MR) is 147 cm³/mol. The van der Waals surface area contributed by atoms with Crippen LogP contribution in [0.5, 0.6) is 0 Å². The minimum atomic E-state index is -0.172. The Morgan fingerprint density at radius 3 is 1.78 bits per heavy atom. The second-order valence-corrected chi connectivity index (χ2v) is 12.3. The van der Waals surface area contributed by atoms with E-state index in [0.29, 0.717) is 64.6 Å². The molecule has 1 aliphatic rings. The summed E-state index contributed by atoms with van der Waals surface area (Å²) < 4.78 is 26.8. The van der Waals surface area contributed by atoms with Gasteiger partial charge < -0.3 is 23.7 Å². The number of carbonyl (C=O) groups excluding carboxylic acids is 2. The van der Waals surface area contributed by atoms with Crippen molar-refractivity contribution in [2.45, 2.75) is 78.8 Å². The summed E-state index contributed by atoms with van der Waals surface area (Å²) in [6.07, 6.45) is 3.81. The summed E-state index contributed by atoms with van der Waals surface area (Å²) >= 11 is 0. The van der Waals surface area contributed by atoms with Gasteiger partial charge in [-0.1, -0.05) is 55.7 Å². The second kappa shape index (κ2) is 20.4. The molecule has 0 N–H and O–H groups in total. The van der Waals surface area contributed by atoms with E-state index in [0.717, 1.165) is 37.3 Å². The molecular formula is C26H49NO7S2. The average molecular weight is 552 g/mol. The molecule has 0 bridgehead atoms. The van der Waals surface area contributed by atoms with E-state index >= 15 is 0 Å². The summed E-state index contributed by atoms with van der Waals surface area (Å²) in [5.41, 5.74) is 0.170. The van der Waals surface area contributed by atoms with E-state index in [-0.39, 0.29) is 30.6 Å². The van der Waals surface area contributed by atoms with Gasteiger partial charge in [0, 0.05) is 36.6 Å². The van der Waals surface area contributed by atoms with Crippen molar-refractivity contribution in [1.82, 2.24) is 4.90 Å². The molecule has 1 fully saturated rings. The Labute approximate surface area is 226 Å². The number of ether oxygens (including phenoxy) is 5. The summed E-state index contributed by atoms with van der Waals surface area (Å²) in [7, 11) is 3.83. The van der Waals surface area contributed by atoms with Gasteiger partial charge >= 0.3 is 11.9 Å². The van der Waals surface area contributed by atoms with Gasteiger partial charge in [0.1, 0.15) is 13.2 Å². The van der Waals surface area contributed by atoms with Gasteiger partial charge in [-0.15, -0.1) is 0 Å². The molecule has 0 amide bonds. The zero-order valence-corrected chi connectivity index (χ0v) is 24.7. The summed E-state index contributed by atoms with van der Waals surface area (Å²) in [5, 5.41) is 0. The molecule has 0 aromatic carbocycles. The highest BCUT2D eigenvalue weighted by atomic mass is 33.1. The molecule has 0 aromatic heterocycles. The lowest BCUT2D eigenvalue weighted by atomic mass is 9.85. The van der Waals surface area contributed by atoms with Gasteiger partial charge in [0.05, 0.1) is 46.1 Å². The standard InChI is InChI=1S/C26H49NO7S2/c1-6-22(3)27(23-20-35-36-21-23)11-9-25(29)34-19-17-32-15-13-30-12-14-31-16-18-33-24(28)8-10-26(4,5)7-2/h22-23H,6-21H2,1-5H3. The molecule has 1 heterocycles. The molecule has 0 aliphatic carbocycles. The lowest BCUT2D eigenvalue weighted by Gasteiger charge is -2.33. The first-order valence-electron chi connectivity index (χ1n) is 13.3. The SMILES string of the molecule is CCC(C)N(CCC(=O)OCCOCCOCCOCCOC(=O)CCC(C)(C)CC)C1CSSC1. The molecule has 1 atom stereocenters. The van der Waals surface area contributed by atoms with E-state index in [1.165, 1.54) is 0 Å². The molecule has 1 saturated heterocycles. The highest BCUT2D eigenvalue weighted by molar-refractivity contribution is 8.77. The summed E-state index contributed by atoms with van der Waals surface area (Å²) in [6, 6.07) is 1.02. The maximum atomic E-state index is 12.1. The van der Waals surface area contributed by atoms with Crippen LogP contribution in [0, 0.1) is 5.41 Å². The lowest BCUT2D eigenvalue weighted by Crippen LogP contribution is -2.44. The van der Waals surface area contributed by atoms with Crippen LogP contribution in [-0.4, -0.2) is 99.8 Å². The third kappa shape index (κ3) is 16.3. The van der Waals surface area contributed by atoms with Gasteiger partial charge in [0.15, 0.2) is 0 Å². The van der Waals surface area contributed by atoms with Crippen molar-refractivity contribution in [3.63, 3.8) is 0 Å². The Balaban J connectivity index is 1.90. The Kier molecular flexibility index (Phi) is 19.0. The van der Waals surface area contributed by atoms with Crippen LogP contribution in [0.4, 0.5) is 0 Å². The quantitative estimate of drug-likeness (QED) is 0.108. The monoisotopic (exact) mass is 551 g/mol. The van der Waals surface area contributed by atoms with Gasteiger partial charge in [-0.05, 0) is 25.2 Å². The largest absolute Gasteiger partial charge is 0.463 e. The van der Waals surface area contributed by atoms with E-state index in [2.05, 4.69) is 39.5 Å². The molecule has 1 rings (SSSR count). The van der Waals surface area contributed by atoms with Crippen molar-refractivity contribution < 1.29 is 33.3 Å². The first kappa shape index (κ1) is 33.5. The van der Waals surface area contributed by atoms with Gasteiger partial charge in [0.25, 0.3) is 0 Å². The fraction of sp³-hybridized carbons (Fsp3) is 0.923. The third-order valence-corrected chi connectivity index (χ3v) is 9.02. The first-order valence-corrected chi connectivity index (χ1v) is 15.8. The van der Waals surface area contributed by atoms with Crippen molar-refractivity contribution in [3.8, 4) is 0 Å².